The van der Waals surface area contributed by atoms with Crippen LogP contribution in [-0.2, 0) is 16.0 Å². The maximum absolute atomic E-state index is 13.2. The van der Waals surface area contributed by atoms with Crippen molar-refractivity contribution >= 4 is 23.5 Å². The second-order valence-corrected chi connectivity index (χ2v) is 5.47. The van der Waals surface area contributed by atoms with Crippen molar-refractivity contribution < 1.29 is 23.1 Å². The van der Waals surface area contributed by atoms with Gasteiger partial charge in [-0.1, -0.05) is 23.7 Å². The molecule has 0 spiro atoms. The number of hydrogen-bond acceptors (Lipinski definition) is 3. The molecule has 0 saturated carbocycles. The number of benzene rings is 2. The van der Waals surface area contributed by atoms with Crippen LogP contribution in [0.2, 0.25) is 5.02 Å². The van der Waals surface area contributed by atoms with Crippen molar-refractivity contribution in [2.45, 2.75) is 12.5 Å². The first-order chi connectivity index (χ1) is 11.4. The molecule has 1 amide bonds. The molecule has 2 aromatic rings. The van der Waals surface area contributed by atoms with E-state index in [0.29, 0.717) is 11.1 Å². The number of ether oxygens (including phenoxy) is 1. The Morgan fingerprint density at radius 2 is 1.71 bits per heavy atom. The first-order valence-corrected chi connectivity index (χ1v) is 7.36. The molecule has 1 atom stereocenters. The van der Waals surface area contributed by atoms with Crippen LogP contribution in [0.1, 0.15) is 15.9 Å². The van der Waals surface area contributed by atoms with E-state index in [2.05, 4.69) is 10.1 Å². The van der Waals surface area contributed by atoms with Gasteiger partial charge in [0.2, 0.25) is 0 Å². The molecule has 0 aliphatic heterocycles. The molecule has 4 nitrogen and oxygen atoms in total. The van der Waals surface area contributed by atoms with E-state index in [0.717, 1.165) is 17.7 Å². The SMILES string of the molecule is COC(=O)[C@@H](Cc1ccc(Cl)cc1)NC(=O)c1cc(F)cc(F)c1. The van der Waals surface area contributed by atoms with Crippen LogP contribution in [0.25, 0.3) is 0 Å². The van der Waals surface area contributed by atoms with E-state index in [4.69, 9.17) is 11.6 Å². The summed E-state index contributed by atoms with van der Waals surface area (Å²) < 4.78 is 31.1. The van der Waals surface area contributed by atoms with Crippen LogP contribution in [0, 0.1) is 11.6 Å². The molecule has 0 unspecified atom stereocenters. The van der Waals surface area contributed by atoms with Crippen LogP contribution in [-0.4, -0.2) is 25.0 Å². The summed E-state index contributed by atoms with van der Waals surface area (Å²) in [5.41, 5.74) is 0.512. The Morgan fingerprint density at radius 1 is 1.12 bits per heavy atom. The van der Waals surface area contributed by atoms with E-state index in [1.807, 2.05) is 0 Å². The Kier molecular flexibility index (Phi) is 5.87. The Morgan fingerprint density at radius 3 is 2.25 bits per heavy atom. The molecule has 2 aromatic carbocycles. The van der Waals surface area contributed by atoms with Gasteiger partial charge in [-0.2, -0.15) is 0 Å². The molecule has 0 heterocycles. The van der Waals surface area contributed by atoms with E-state index in [1.54, 1.807) is 24.3 Å². The van der Waals surface area contributed by atoms with Gasteiger partial charge in [0, 0.05) is 23.1 Å². The van der Waals surface area contributed by atoms with Crippen molar-refractivity contribution in [3.63, 3.8) is 0 Å². The highest BCUT2D eigenvalue weighted by atomic mass is 35.5. The third-order valence-corrected chi connectivity index (χ3v) is 3.52. The number of methoxy groups -OCH3 is 1. The lowest BCUT2D eigenvalue weighted by Crippen LogP contribution is -2.43. The van der Waals surface area contributed by atoms with Crippen molar-refractivity contribution in [2.75, 3.05) is 7.11 Å². The van der Waals surface area contributed by atoms with Crippen molar-refractivity contribution in [2.24, 2.45) is 0 Å². The van der Waals surface area contributed by atoms with Gasteiger partial charge in [0.1, 0.15) is 17.7 Å². The molecule has 0 saturated heterocycles. The fourth-order valence-electron chi connectivity index (χ4n) is 2.12. The summed E-state index contributed by atoms with van der Waals surface area (Å²) in [6, 6.07) is 8.12. The summed E-state index contributed by atoms with van der Waals surface area (Å²) in [6.45, 7) is 0. The number of hydrogen-bond donors (Lipinski definition) is 1. The number of carbonyl (C=O) groups excluding carboxylic acids is 2. The monoisotopic (exact) mass is 353 g/mol. The van der Waals surface area contributed by atoms with Crippen LogP contribution < -0.4 is 5.32 Å². The zero-order chi connectivity index (χ0) is 17.7. The molecule has 1 N–H and O–H groups in total. The largest absolute Gasteiger partial charge is 0.467 e. The van der Waals surface area contributed by atoms with E-state index in [9.17, 15) is 18.4 Å². The van der Waals surface area contributed by atoms with Crippen molar-refractivity contribution in [1.29, 1.82) is 0 Å². The summed E-state index contributed by atoms with van der Waals surface area (Å²) in [5.74, 6) is -3.21. The van der Waals surface area contributed by atoms with Gasteiger partial charge in [-0.15, -0.1) is 0 Å². The predicted octanol–water partition coefficient (Wildman–Crippen LogP) is 3.13. The van der Waals surface area contributed by atoms with Gasteiger partial charge < -0.3 is 10.1 Å². The van der Waals surface area contributed by atoms with Crippen molar-refractivity contribution in [1.82, 2.24) is 5.32 Å². The summed E-state index contributed by atoms with van der Waals surface area (Å²) in [4.78, 5) is 24.0. The van der Waals surface area contributed by atoms with Crippen LogP contribution in [0.3, 0.4) is 0 Å². The van der Waals surface area contributed by atoms with Gasteiger partial charge in [0.25, 0.3) is 5.91 Å². The Hall–Kier alpha value is -2.47. The minimum atomic E-state index is -1.00. The fourth-order valence-corrected chi connectivity index (χ4v) is 2.24. The van der Waals surface area contributed by atoms with E-state index in [-0.39, 0.29) is 12.0 Å². The standard InChI is InChI=1S/C17H14ClF2NO3/c1-24-17(23)15(6-10-2-4-12(18)5-3-10)21-16(22)11-7-13(19)9-14(20)8-11/h2-5,7-9,15H,6H2,1H3,(H,21,22)/t15-/m1/s1. The number of halogens is 3. The second kappa shape index (κ2) is 7.88. The maximum Gasteiger partial charge on any atom is 0.328 e. The third kappa shape index (κ3) is 4.76. The van der Waals surface area contributed by atoms with Crippen LogP contribution >= 0.6 is 11.6 Å². The molecule has 0 aliphatic carbocycles. The number of nitrogens with one attached hydrogen (secondary N) is 1. The van der Waals surface area contributed by atoms with Crippen LogP contribution in [0.4, 0.5) is 8.78 Å². The zero-order valence-electron chi connectivity index (χ0n) is 12.7. The van der Waals surface area contributed by atoms with Crippen LogP contribution in [0.15, 0.2) is 42.5 Å². The lowest BCUT2D eigenvalue weighted by atomic mass is 10.1. The summed E-state index contributed by atoms with van der Waals surface area (Å²) in [6.07, 6.45) is 0.146. The molecule has 0 fully saturated rings. The lowest BCUT2D eigenvalue weighted by molar-refractivity contribution is -0.142. The van der Waals surface area contributed by atoms with Crippen molar-refractivity contribution in [3.8, 4) is 0 Å². The normalized spacial score (nSPS) is 11.7. The molecule has 0 radical (unpaired) electrons. The summed E-state index contributed by atoms with van der Waals surface area (Å²) in [7, 11) is 1.19. The minimum Gasteiger partial charge on any atom is -0.467 e. The quantitative estimate of drug-likeness (QED) is 0.840. The van der Waals surface area contributed by atoms with Gasteiger partial charge in [-0.25, -0.2) is 13.6 Å². The van der Waals surface area contributed by atoms with E-state index in [1.165, 1.54) is 7.11 Å². The molecule has 0 bridgehead atoms. The highest BCUT2D eigenvalue weighted by Crippen LogP contribution is 2.13. The molecule has 24 heavy (non-hydrogen) atoms. The topological polar surface area (TPSA) is 55.4 Å². The molecular weight excluding hydrogens is 340 g/mol. The Balaban J connectivity index is 2.17. The van der Waals surface area contributed by atoms with Gasteiger partial charge >= 0.3 is 5.97 Å². The first-order valence-electron chi connectivity index (χ1n) is 6.98. The molecule has 2 rings (SSSR count). The summed E-state index contributed by atoms with van der Waals surface area (Å²) >= 11 is 5.80. The zero-order valence-corrected chi connectivity index (χ0v) is 13.4. The smallest absolute Gasteiger partial charge is 0.328 e. The third-order valence-electron chi connectivity index (χ3n) is 3.27. The van der Waals surface area contributed by atoms with Gasteiger partial charge in [-0.3, -0.25) is 4.79 Å². The molecule has 0 aromatic heterocycles. The fraction of sp³-hybridized carbons (Fsp3) is 0.176. The maximum atomic E-state index is 13.2. The Labute approximate surface area is 142 Å². The lowest BCUT2D eigenvalue weighted by Gasteiger charge is -2.17. The Bertz CT molecular complexity index is 730. The number of esters is 1. The highest BCUT2D eigenvalue weighted by molar-refractivity contribution is 6.30. The van der Waals surface area contributed by atoms with Crippen molar-refractivity contribution in [3.05, 3.63) is 70.2 Å². The number of amides is 1. The second-order valence-electron chi connectivity index (χ2n) is 5.04. The summed E-state index contributed by atoms with van der Waals surface area (Å²) in [5, 5.41) is 2.96. The molecule has 7 heteroatoms. The molecular formula is C17H14ClF2NO3. The van der Waals surface area contributed by atoms with Crippen LogP contribution in [0.5, 0.6) is 0 Å². The predicted molar refractivity (Wildman–Crippen MR) is 84.8 cm³/mol. The highest BCUT2D eigenvalue weighted by Gasteiger charge is 2.23. The van der Waals surface area contributed by atoms with Gasteiger partial charge in [0.05, 0.1) is 7.11 Å². The van der Waals surface area contributed by atoms with Gasteiger partial charge in [-0.05, 0) is 29.8 Å². The van der Waals surface area contributed by atoms with Gasteiger partial charge in [0.15, 0.2) is 0 Å². The number of rotatable bonds is 5. The average molecular weight is 354 g/mol. The van der Waals surface area contributed by atoms with E-state index < -0.39 is 29.6 Å². The van der Waals surface area contributed by atoms with E-state index >= 15 is 0 Å². The molecule has 126 valence electrons. The minimum absolute atomic E-state index is 0.146. The molecule has 0 aliphatic rings. The number of carbonyl (C=O) groups is 2. The first kappa shape index (κ1) is 17.9. The average Bonchev–Trinajstić information content (AvgIpc) is 2.54.